The molecule has 13 heteroatoms. The van der Waals surface area contributed by atoms with Crippen LogP contribution in [0.4, 0.5) is 5.69 Å². The Hall–Kier alpha value is -0.480. The van der Waals surface area contributed by atoms with Gasteiger partial charge < -0.3 is 10.1 Å². The number of rotatable bonds is 4. The summed E-state index contributed by atoms with van der Waals surface area (Å²) in [6.45, 7) is 4.67. The second-order valence-corrected chi connectivity index (χ2v) is 10.5. The van der Waals surface area contributed by atoms with E-state index >= 15 is 0 Å². The van der Waals surface area contributed by atoms with Crippen LogP contribution >= 0.6 is 84.3 Å². The summed E-state index contributed by atoms with van der Waals surface area (Å²) < 4.78 is 11.5. The molecule has 160 valence electrons. The fourth-order valence-corrected chi connectivity index (χ4v) is 4.24. The number of hydrogen-bond donors (Lipinski definition) is 1. The van der Waals surface area contributed by atoms with Gasteiger partial charge in [0.2, 0.25) is 0 Å². The Morgan fingerprint density at radius 2 is 1.57 bits per heavy atom. The summed E-state index contributed by atoms with van der Waals surface area (Å²) in [6.07, 6.45) is 3.50. The van der Waals surface area contributed by atoms with Crippen molar-refractivity contribution in [3.8, 4) is 0 Å². The second-order valence-electron chi connectivity index (χ2n) is 6.65. The van der Waals surface area contributed by atoms with Gasteiger partial charge in [0.15, 0.2) is 21.6 Å². The molecule has 0 aliphatic carbocycles. The lowest BCUT2D eigenvalue weighted by Gasteiger charge is -2.23. The smallest absolute Gasteiger partial charge is 0.178 e. The topological polar surface area (TPSA) is 81.6 Å². The molecule has 1 N–H and O–H groups in total. The van der Waals surface area contributed by atoms with E-state index in [1.54, 1.807) is 40.7 Å². The molecule has 0 amide bonds. The molecule has 30 heavy (non-hydrogen) atoms. The SMILES string of the molecule is COC(C)(C)CNc1cc(Cl)nn2c(I)cnc12.Clc1cc(Br)c2ncc(I)n2n1. The van der Waals surface area contributed by atoms with E-state index in [4.69, 9.17) is 27.9 Å². The first-order valence-corrected chi connectivity index (χ1v) is 12.2. The standard InChI is InChI=1S/C11H14ClIN4O.C6H2BrClIN3/c1-11(2,18-3)6-15-7-4-8(12)16-17-9(13)5-14-10(7)17;7-3-1-4(8)11-12-5(9)2-10-6(3)12/h4-5,15H,6H2,1-3H3;1-2H. The van der Waals surface area contributed by atoms with E-state index in [0.717, 1.165) is 28.9 Å². The highest BCUT2D eigenvalue weighted by molar-refractivity contribution is 14.1. The Morgan fingerprint density at radius 1 is 1.03 bits per heavy atom. The van der Waals surface area contributed by atoms with Crippen molar-refractivity contribution >= 4 is 101 Å². The predicted octanol–water partition coefficient (Wildman–Crippen LogP) is 5.57. The van der Waals surface area contributed by atoms with Gasteiger partial charge in [0.05, 0.1) is 28.2 Å². The minimum absolute atomic E-state index is 0.257. The van der Waals surface area contributed by atoms with Crippen LogP contribution < -0.4 is 5.32 Å². The minimum atomic E-state index is -0.257. The van der Waals surface area contributed by atoms with Crippen LogP contribution in [-0.4, -0.2) is 48.5 Å². The third-order valence-electron chi connectivity index (χ3n) is 4.00. The number of imidazole rings is 2. The molecule has 0 fully saturated rings. The molecule has 0 aliphatic heterocycles. The maximum absolute atomic E-state index is 6.00. The van der Waals surface area contributed by atoms with Gasteiger partial charge in [-0.2, -0.15) is 10.2 Å². The van der Waals surface area contributed by atoms with E-state index in [1.165, 1.54) is 0 Å². The molecule has 4 aromatic heterocycles. The molecule has 0 unspecified atom stereocenters. The van der Waals surface area contributed by atoms with E-state index in [9.17, 15) is 0 Å². The van der Waals surface area contributed by atoms with E-state index in [2.05, 4.69) is 86.6 Å². The quantitative estimate of drug-likeness (QED) is 0.276. The first-order chi connectivity index (χ1) is 14.1. The van der Waals surface area contributed by atoms with Crippen molar-refractivity contribution in [1.29, 1.82) is 0 Å². The summed E-state index contributed by atoms with van der Waals surface area (Å²) in [5.74, 6) is 0. The third-order valence-corrected chi connectivity index (χ3v) is 6.43. The summed E-state index contributed by atoms with van der Waals surface area (Å²) >= 11 is 19.4. The molecule has 4 aromatic rings. The van der Waals surface area contributed by atoms with Crippen LogP contribution in [0.1, 0.15) is 13.8 Å². The van der Waals surface area contributed by atoms with Gasteiger partial charge in [-0.3, -0.25) is 0 Å². The highest BCUT2D eigenvalue weighted by Crippen LogP contribution is 2.22. The van der Waals surface area contributed by atoms with Gasteiger partial charge in [-0.1, -0.05) is 23.2 Å². The van der Waals surface area contributed by atoms with Crippen LogP contribution in [0.15, 0.2) is 29.0 Å². The third kappa shape index (κ3) is 5.65. The number of fused-ring (bicyclic) bond motifs is 2. The number of halogens is 5. The van der Waals surface area contributed by atoms with Gasteiger partial charge in [-0.05, 0) is 81.0 Å². The Bertz CT molecular complexity index is 1200. The van der Waals surface area contributed by atoms with Crippen molar-refractivity contribution in [2.75, 3.05) is 19.0 Å². The van der Waals surface area contributed by atoms with Crippen LogP contribution in [0.2, 0.25) is 10.3 Å². The first-order valence-electron chi connectivity index (χ1n) is 8.45. The monoisotopic (exact) mass is 737 g/mol. The number of nitrogens with zero attached hydrogens (tertiary/aromatic N) is 6. The Balaban J connectivity index is 0.000000184. The number of anilines is 1. The lowest BCUT2D eigenvalue weighted by Crippen LogP contribution is -2.32. The van der Waals surface area contributed by atoms with E-state index < -0.39 is 0 Å². The summed E-state index contributed by atoms with van der Waals surface area (Å²) in [7, 11) is 1.69. The normalized spacial score (nSPS) is 11.6. The molecule has 0 bridgehead atoms. The maximum atomic E-state index is 6.00. The number of aromatic nitrogens is 6. The van der Waals surface area contributed by atoms with E-state index in [-0.39, 0.29) is 5.60 Å². The molecular weight excluding hydrogens is 723 g/mol. The number of nitrogens with one attached hydrogen (secondary N) is 1. The average molecular weight is 739 g/mol. The van der Waals surface area contributed by atoms with Crippen LogP contribution in [0.3, 0.4) is 0 Å². The van der Waals surface area contributed by atoms with Crippen LogP contribution in [0, 0.1) is 7.40 Å². The van der Waals surface area contributed by atoms with Crippen molar-refractivity contribution in [1.82, 2.24) is 29.2 Å². The van der Waals surface area contributed by atoms with Gasteiger partial charge in [-0.15, -0.1) is 0 Å². The summed E-state index contributed by atoms with van der Waals surface area (Å²) in [4.78, 5) is 8.46. The first kappa shape index (κ1) is 24.2. The summed E-state index contributed by atoms with van der Waals surface area (Å²) in [5.41, 5.74) is 2.13. The van der Waals surface area contributed by atoms with Gasteiger partial charge in [0.25, 0.3) is 0 Å². The van der Waals surface area contributed by atoms with Crippen molar-refractivity contribution in [2.45, 2.75) is 19.4 Å². The van der Waals surface area contributed by atoms with Gasteiger partial charge in [-0.25, -0.2) is 19.0 Å². The summed E-state index contributed by atoms with van der Waals surface area (Å²) in [6, 6.07) is 3.49. The lowest BCUT2D eigenvalue weighted by molar-refractivity contribution is 0.0344. The van der Waals surface area contributed by atoms with Crippen LogP contribution in [-0.2, 0) is 4.74 Å². The van der Waals surface area contributed by atoms with Crippen molar-refractivity contribution < 1.29 is 4.74 Å². The minimum Gasteiger partial charge on any atom is -0.379 e. The predicted molar refractivity (Wildman–Crippen MR) is 139 cm³/mol. The molecular formula is C17H16BrCl2I2N7O. The lowest BCUT2D eigenvalue weighted by atomic mass is 10.1. The molecule has 8 nitrogen and oxygen atoms in total. The molecule has 0 atom stereocenters. The molecule has 0 saturated carbocycles. The molecule has 4 heterocycles. The highest BCUT2D eigenvalue weighted by Gasteiger charge is 2.17. The molecule has 0 radical (unpaired) electrons. The fourth-order valence-electron chi connectivity index (χ4n) is 2.30. The maximum Gasteiger partial charge on any atom is 0.178 e. The Labute approximate surface area is 218 Å². The van der Waals surface area contributed by atoms with E-state index in [1.807, 2.05) is 13.8 Å². The van der Waals surface area contributed by atoms with Crippen LogP contribution in [0.25, 0.3) is 11.3 Å². The Kier molecular flexibility index (Phi) is 8.04. The van der Waals surface area contributed by atoms with E-state index in [0.29, 0.717) is 16.9 Å². The molecule has 4 rings (SSSR count). The molecule has 0 aliphatic rings. The van der Waals surface area contributed by atoms with Gasteiger partial charge in [0.1, 0.15) is 7.40 Å². The van der Waals surface area contributed by atoms with Crippen molar-refractivity contribution in [3.63, 3.8) is 0 Å². The molecule has 0 spiro atoms. The van der Waals surface area contributed by atoms with Crippen LogP contribution in [0.5, 0.6) is 0 Å². The second kappa shape index (κ2) is 9.98. The number of methoxy groups -OCH3 is 1. The fraction of sp³-hybridized carbons (Fsp3) is 0.294. The largest absolute Gasteiger partial charge is 0.379 e. The van der Waals surface area contributed by atoms with Crippen molar-refractivity contribution in [2.24, 2.45) is 0 Å². The van der Waals surface area contributed by atoms with Gasteiger partial charge >= 0.3 is 0 Å². The van der Waals surface area contributed by atoms with Crippen molar-refractivity contribution in [3.05, 3.63) is 46.7 Å². The number of hydrogen-bond acceptors (Lipinski definition) is 6. The zero-order valence-electron chi connectivity index (χ0n) is 16.0. The zero-order chi connectivity index (χ0) is 22.1. The summed E-state index contributed by atoms with van der Waals surface area (Å²) in [5, 5.41) is 12.5. The highest BCUT2D eigenvalue weighted by atomic mass is 127. The molecule has 0 saturated heterocycles. The van der Waals surface area contributed by atoms with Gasteiger partial charge in [0, 0.05) is 19.7 Å². The number of ether oxygens (including phenoxy) is 1. The zero-order valence-corrected chi connectivity index (χ0v) is 23.4. The average Bonchev–Trinajstić information content (AvgIpc) is 3.24. The molecule has 0 aromatic carbocycles. The Morgan fingerprint density at radius 3 is 2.17 bits per heavy atom.